The molecule has 2 atom stereocenters. The van der Waals surface area contributed by atoms with Gasteiger partial charge in [0.2, 0.25) is 5.28 Å². The van der Waals surface area contributed by atoms with Crippen molar-refractivity contribution >= 4 is 44.6 Å². The molecule has 0 aliphatic carbocycles. The molecule has 4 aromatic rings. The first-order chi connectivity index (χ1) is 19.3. The zero-order valence-electron chi connectivity index (χ0n) is 22.2. The largest absolute Gasteiger partial charge is 0.445 e. The molecule has 2 aromatic heterocycles. The second kappa shape index (κ2) is 11.8. The number of carbonyl (C=O) groups excluding carboxylic acids is 1. The Hall–Kier alpha value is -3.67. The van der Waals surface area contributed by atoms with Crippen LogP contribution in [0.15, 0.2) is 71.8 Å². The Morgan fingerprint density at radius 1 is 1.07 bits per heavy atom. The summed E-state index contributed by atoms with van der Waals surface area (Å²) in [5, 5.41) is 3.77. The third kappa shape index (κ3) is 5.91. The van der Waals surface area contributed by atoms with Crippen molar-refractivity contribution < 1.29 is 22.7 Å². The highest BCUT2D eigenvalue weighted by Crippen LogP contribution is 2.29. The van der Waals surface area contributed by atoms with Crippen LogP contribution in [0.3, 0.4) is 0 Å². The van der Waals surface area contributed by atoms with Crippen molar-refractivity contribution in [3.05, 3.63) is 83.3 Å². The fourth-order valence-electron chi connectivity index (χ4n) is 4.82. The maximum absolute atomic E-state index is 13.4. The Labute approximate surface area is 237 Å². The number of likely N-dealkylation sites (tertiary alicyclic amines) is 1. The first-order valence-corrected chi connectivity index (χ1v) is 14.7. The molecular formula is C28H30ClN5O5S. The van der Waals surface area contributed by atoms with Gasteiger partial charge in [0.1, 0.15) is 12.4 Å². The third-order valence-corrected chi connectivity index (χ3v) is 8.76. The SMILES string of the molecule is COCC1CCC(Nc2nc(Cl)nc3c2ccn3S(=O)(=O)c2ccc(C)cc2)CN1C(=O)OCc1ccccc1. The second-order valence-corrected chi connectivity index (χ2v) is 11.9. The van der Waals surface area contributed by atoms with Crippen LogP contribution in [0.25, 0.3) is 11.0 Å². The standard InChI is InChI=1S/C28H30ClN5O5S/c1-19-8-12-23(13-9-19)40(36,37)34-15-14-24-25(31-27(29)32-26(24)34)30-21-10-11-22(18-38-2)33(16-21)28(35)39-17-20-6-4-3-5-7-20/h3-9,12-15,21-22H,10-11,16-18H2,1-2H3,(H,30,31,32). The van der Waals surface area contributed by atoms with Crippen LogP contribution in [0.1, 0.15) is 24.0 Å². The Balaban J connectivity index is 1.37. The average molecular weight is 584 g/mol. The Bertz CT molecular complexity index is 1590. The normalized spacial score (nSPS) is 17.6. The molecule has 10 nitrogen and oxygen atoms in total. The molecule has 1 saturated heterocycles. The van der Waals surface area contributed by atoms with E-state index in [4.69, 9.17) is 21.1 Å². The number of fused-ring (bicyclic) bond motifs is 1. The zero-order chi connectivity index (χ0) is 28.3. The van der Waals surface area contributed by atoms with E-state index in [2.05, 4.69) is 15.3 Å². The van der Waals surface area contributed by atoms with Crippen molar-refractivity contribution in [3.8, 4) is 0 Å². The number of nitrogens with zero attached hydrogens (tertiary/aromatic N) is 4. The first-order valence-electron chi connectivity index (χ1n) is 12.9. The highest BCUT2D eigenvalue weighted by molar-refractivity contribution is 7.90. The fourth-order valence-corrected chi connectivity index (χ4v) is 6.28. The lowest BCUT2D eigenvalue weighted by Crippen LogP contribution is -2.52. The summed E-state index contributed by atoms with van der Waals surface area (Å²) in [6, 6.07) is 17.4. The van der Waals surface area contributed by atoms with E-state index in [0.717, 1.165) is 21.5 Å². The summed E-state index contributed by atoms with van der Waals surface area (Å²) in [6.07, 6.45) is 2.41. The van der Waals surface area contributed by atoms with E-state index < -0.39 is 16.1 Å². The molecule has 1 amide bonds. The zero-order valence-corrected chi connectivity index (χ0v) is 23.7. The summed E-state index contributed by atoms with van der Waals surface area (Å²) in [5.41, 5.74) is 2.01. The number of ether oxygens (including phenoxy) is 2. The van der Waals surface area contributed by atoms with Gasteiger partial charge in [-0.1, -0.05) is 48.0 Å². The maximum Gasteiger partial charge on any atom is 0.410 e. The lowest BCUT2D eigenvalue weighted by atomic mass is 9.99. The van der Waals surface area contributed by atoms with Gasteiger partial charge >= 0.3 is 6.09 Å². The molecule has 0 bridgehead atoms. The fraction of sp³-hybridized carbons (Fsp3) is 0.321. The van der Waals surface area contributed by atoms with Crippen LogP contribution in [0.2, 0.25) is 5.28 Å². The van der Waals surface area contributed by atoms with Gasteiger partial charge < -0.3 is 19.7 Å². The smallest absolute Gasteiger partial charge is 0.410 e. The summed E-state index contributed by atoms with van der Waals surface area (Å²) in [4.78, 5) is 23.5. The number of anilines is 1. The van der Waals surface area contributed by atoms with Crippen molar-refractivity contribution in [2.45, 2.75) is 43.4 Å². The average Bonchev–Trinajstić information content (AvgIpc) is 3.38. The molecule has 1 aliphatic rings. The minimum absolute atomic E-state index is 0.0961. The number of nitrogens with one attached hydrogen (secondary N) is 1. The van der Waals surface area contributed by atoms with E-state index in [1.54, 1.807) is 42.3 Å². The molecule has 40 heavy (non-hydrogen) atoms. The highest BCUT2D eigenvalue weighted by Gasteiger charge is 2.33. The number of piperidine rings is 1. The molecular weight excluding hydrogens is 554 g/mol. The molecule has 210 valence electrons. The van der Waals surface area contributed by atoms with E-state index in [1.807, 2.05) is 37.3 Å². The maximum atomic E-state index is 13.4. The predicted octanol–water partition coefficient (Wildman–Crippen LogP) is 4.86. The number of aromatic nitrogens is 3. The summed E-state index contributed by atoms with van der Waals surface area (Å²) in [7, 11) is -2.31. The van der Waals surface area contributed by atoms with E-state index in [-0.39, 0.29) is 34.5 Å². The van der Waals surface area contributed by atoms with Gasteiger partial charge in [0.15, 0.2) is 5.65 Å². The van der Waals surface area contributed by atoms with Gasteiger partial charge in [-0.05, 0) is 55.1 Å². The number of methoxy groups -OCH3 is 1. The van der Waals surface area contributed by atoms with Crippen molar-refractivity contribution in [3.63, 3.8) is 0 Å². The van der Waals surface area contributed by atoms with E-state index in [1.165, 1.54) is 6.20 Å². The molecule has 0 spiro atoms. The van der Waals surface area contributed by atoms with Crippen LogP contribution in [0.5, 0.6) is 0 Å². The topological polar surface area (TPSA) is 116 Å². The Morgan fingerprint density at radius 2 is 1.82 bits per heavy atom. The Morgan fingerprint density at radius 3 is 2.55 bits per heavy atom. The van der Waals surface area contributed by atoms with E-state index in [0.29, 0.717) is 30.8 Å². The highest BCUT2D eigenvalue weighted by atomic mass is 35.5. The molecule has 1 aliphatic heterocycles. The van der Waals surface area contributed by atoms with Gasteiger partial charge in [-0.15, -0.1) is 0 Å². The van der Waals surface area contributed by atoms with Crippen LogP contribution in [-0.2, 0) is 26.1 Å². The number of hydrogen-bond acceptors (Lipinski definition) is 8. The predicted molar refractivity (Wildman–Crippen MR) is 152 cm³/mol. The number of aryl methyl sites for hydroxylation is 1. The van der Waals surface area contributed by atoms with Gasteiger partial charge in [0.05, 0.1) is 22.9 Å². The number of benzene rings is 2. The van der Waals surface area contributed by atoms with E-state index in [9.17, 15) is 13.2 Å². The monoisotopic (exact) mass is 583 g/mol. The number of rotatable bonds is 8. The number of hydrogen-bond donors (Lipinski definition) is 1. The summed E-state index contributed by atoms with van der Waals surface area (Å²) in [6.45, 7) is 2.78. The minimum atomic E-state index is -3.91. The molecule has 2 aromatic carbocycles. The molecule has 3 heterocycles. The van der Waals surface area contributed by atoms with Gasteiger partial charge in [-0.2, -0.15) is 4.98 Å². The van der Waals surface area contributed by atoms with Gasteiger partial charge in [0, 0.05) is 25.9 Å². The summed E-state index contributed by atoms with van der Waals surface area (Å²) in [5.74, 6) is 0.389. The molecule has 12 heteroatoms. The van der Waals surface area contributed by atoms with Crippen molar-refractivity contribution in [1.29, 1.82) is 0 Å². The lowest BCUT2D eigenvalue weighted by Gasteiger charge is -2.39. The van der Waals surface area contributed by atoms with Crippen molar-refractivity contribution in [2.24, 2.45) is 0 Å². The molecule has 1 fully saturated rings. The van der Waals surface area contributed by atoms with Crippen LogP contribution < -0.4 is 5.32 Å². The summed E-state index contributed by atoms with van der Waals surface area (Å²) >= 11 is 6.26. The van der Waals surface area contributed by atoms with Crippen LogP contribution in [0.4, 0.5) is 10.6 Å². The van der Waals surface area contributed by atoms with Crippen LogP contribution in [-0.4, -0.2) is 65.7 Å². The van der Waals surface area contributed by atoms with Crippen LogP contribution in [0, 0.1) is 6.92 Å². The minimum Gasteiger partial charge on any atom is -0.445 e. The second-order valence-electron chi connectivity index (χ2n) is 9.73. The molecule has 1 N–H and O–H groups in total. The lowest BCUT2D eigenvalue weighted by molar-refractivity contribution is 0.0368. The van der Waals surface area contributed by atoms with Gasteiger partial charge in [-0.25, -0.2) is 22.2 Å². The Kier molecular flexibility index (Phi) is 8.24. The van der Waals surface area contributed by atoms with Gasteiger partial charge in [0.25, 0.3) is 10.0 Å². The molecule has 2 unspecified atom stereocenters. The third-order valence-electron chi connectivity index (χ3n) is 6.91. The number of halogens is 1. The molecule has 0 radical (unpaired) electrons. The molecule has 5 rings (SSSR count). The number of amides is 1. The van der Waals surface area contributed by atoms with Gasteiger partial charge in [-0.3, -0.25) is 0 Å². The summed E-state index contributed by atoms with van der Waals surface area (Å²) < 4.78 is 38.8. The molecule has 0 saturated carbocycles. The first kappa shape index (κ1) is 27.9. The quantitative estimate of drug-likeness (QED) is 0.292. The number of carbonyl (C=O) groups is 1. The van der Waals surface area contributed by atoms with E-state index >= 15 is 0 Å². The van der Waals surface area contributed by atoms with Crippen molar-refractivity contribution in [1.82, 2.24) is 18.8 Å². The van der Waals surface area contributed by atoms with Crippen molar-refractivity contribution in [2.75, 3.05) is 25.6 Å². The van der Waals surface area contributed by atoms with Crippen LogP contribution >= 0.6 is 11.6 Å².